The second-order valence-corrected chi connectivity index (χ2v) is 3.55. The minimum absolute atomic E-state index is 0.530. The van der Waals surface area contributed by atoms with Crippen molar-refractivity contribution in [3.63, 3.8) is 0 Å². The Labute approximate surface area is 78.3 Å². The highest BCUT2D eigenvalue weighted by Gasteiger charge is 2.27. The first-order chi connectivity index (χ1) is 6.29. The Morgan fingerprint density at radius 2 is 2.46 bits per heavy atom. The number of hydrogen-bond donors (Lipinski definition) is 0. The number of hydrogen-bond acceptors (Lipinski definition) is 2. The van der Waals surface area contributed by atoms with Crippen LogP contribution in [-0.2, 0) is 0 Å². The summed E-state index contributed by atoms with van der Waals surface area (Å²) in [6, 6.07) is 0.530. The van der Waals surface area contributed by atoms with E-state index < -0.39 is 0 Å². The Balaban J connectivity index is 1.91. The van der Waals surface area contributed by atoms with Gasteiger partial charge in [-0.2, -0.15) is 5.10 Å². The topological polar surface area (TPSA) is 21.1 Å². The van der Waals surface area contributed by atoms with E-state index in [-0.39, 0.29) is 0 Å². The molecule has 1 saturated heterocycles. The highest BCUT2D eigenvalue weighted by atomic mass is 15.4. The quantitative estimate of drug-likeness (QED) is 0.616. The van der Waals surface area contributed by atoms with E-state index in [9.17, 15) is 0 Å². The van der Waals surface area contributed by atoms with Crippen LogP contribution < -0.4 is 0 Å². The number of nitrogens with zero attached hydrogens (tertiary/aromatic N) is 3. The lowest BCUT2D eigenvalue weighted by atomic mass is 10.1. The van der Waals surface area contributed by atoms with Gasteiger partial charge in [0.2, 0.25) is 0 Å². The van der Waals surface area contributed by atoms with Crippen LogP contribution in [0.25, 0.3) is 0 Å². The molecule has 1 fully saturated rings. The zero-order valence-corrected chi connectivity index (χ0v) is 7.77. The second kappa shape index (κ2) is 3.23. The first-order valence-corrected chi connectivity index (χ1v) is 4.46. The van der Waals surface area contributed by atoms with Crippen molar-refractivity contribution in [2.45, 2.75) is 13.0 Å². The van der Waals surface area contributed by atoms with Gasteiger partial charge >= 0.3 is 0 Å². The third-order valence-electron chi connectivity index (χ3n) is 2.36. The molecule has 1 aliphatic heterocycles. The first-order valence-electron chi connectivity index (χ1n) is 4.46. The molecule has 0 aromatic carbocycles. The molecule has 0 radical (unpaired) electrons. The standard InChI is InChI=1S/C10H13N3/c1-3-4-12-7-10(8-12)13-6-9(2)5-11-13/h1,5-6,10H,4,7-8H2,2H3. The van der Waals surface area contributed by atoms with E-state index in [1.54, 1.807) is 0 Å². The lowest BCUT2D eigenvalue weighted by molar-refractivity contribution is 0.115. The van der Waals surface area contributed by atoms with E-state index in [1.807, 2.05) is 10.9 Å². The lowest BCUT2D eigenvalue weighted by Gasteiger charge is -2.37. The van der Waals surface area contributed by atoms with Gasteiger partial charge < -0.3 is 0 Å². The zero-order chi connectivity index (χ0) is 9.26. The number of likely N-dealkylation sites (tertiary alicyclic amines) is 1. The summed E-state index contributed by atoms with van der Waals surface area (Å²) in [5, 5.41) is 4.27. The molecule has 0 unspecified atom stereocenters. The largest absolute Gasteiger partial charge is 0.288 e. The SMILES string of the molecule is C#CCN1CC(n2cc(C)cn2)C1. The van der Waals surface area contributed by atoms with Gasteiger partial charge in [0.05, 0.1) is 18.8 Å². The molecule has 0 N–H and O–H groups in total. The summed E-state index contributed by atoms with van der Waals surface area (Å²) in [5.74, 6) is 2.64. The first kappa shape index (κ1) is 8.33. The highest BCUT2D eigenvalue weighted by molar-refractivity contribution is 5.03. The fourth-order valence-electron chi connectivity index (χ4n) is 1.60. The molecule has 68 valence electrons. The highest BCUT2D eigenvalue weighted by Crippen LogP contribution is 2.19. The van der Waals surface area contributed by atoms with Crippen molar-refractivity contribution in [2.24, 2.45) is 0 Å². The molecule has 0 amide bonds. The summed E-state index contributed by atoms with van der Waals surface area (Å²) in [6.45, 7) is 4.88. The van der Waals surface area contributed by atoms with Gasteiger partial charge in [0.15, 0.2) is 0 Å². The summed E-state index contributed by atoms with van der Waals surface area (Å²) in [6.07, 6.45) is 9.19. The zero-order valence-electron chi connectivity index (χ0n) is 7.77. The molecule has 2 rings (SSSR count). The van der Waals surface area contributed by atoms with Crippen LogP contribution in [0.5, 0.6) is 0 Å². The molecule has 1 aromatic rings. The number of aryl methyl sites for hydroxylation is 1. The Bertz CT molecular complexity index is 328. The van der Waals surface area contributed by atoms with Crippen LogP contribution in [0.4, 0.5) is 0 Å². The molecule has 2 heterocycles. The number of terminal acetylenes is 1. The van der Waals surface area contributed by atoms with Crippen molar-refractivity contribution in [3.05, 3.63) is 18.0 Å². The van der Waals surface area contributed by atoms with Crippen LogP contribution in [0.2, 0.25) is 0 Å². The Morgan fingerprint density at radius 1 is 1.69 bits per heavy atom. The molecular formula is C10H13N3. The molecule has 0 spiro atoms. The predicted molar refractivity (Wildman–Crippen MR) is 51.3 cm³/mol. The third-order valence-corrected chi connectivity index (χ3v) is 2.36. The molecule has 13 heavy (non-hydrogen) atoms. The maximum atomic E-state index is 5.21. The molecular weight excluding hydrogens is 162 g/mol. The summed E-state index contributed by atoms with van der Waals surface area (Å²) >= 11 is 0. The summed E-state index contributed by atoms with van der Waals surface area (Å²) in [4.78, 5) is 2.24. The van der Waals surface area contributed by atoms with Crippen LogP contribution >= 0.6 is 0 Å². The van der Waals surface area contributed by atoms with Crippen molar-refractivity contribution in [3.8, 4) is 12.3 Å². The molecule has 0 bridgehead atoms. The fourth-order valence-corrected chi connectivity index (χ4v) is 1.60. The van der Waals surface area contributed by atoms with Crippen LogP contribution in [-0.4, -0.2) is 34.3 Å². The maximum Gasteiger partial charge on any atom is 0.0773 e. The molecule has 0 saturated carbocycles. The van der Waals surface area contributed by atoms with Crippen molar-refractivity contribution < 1.29 is 0 Å². The van der Waals surface area contributed by atoms with Crippen molar-refractivity contribution in [1.82, 2.24) is 14.7 Å². The molecule has 1 aromatic heterocycles. The monoisotopic (exact) mass is 175 g/mol. The van der Waals surface area contributed by atoms with E-state index in [4.69, 9.17) is 6.42 Å². The van der Waals surface area contributed by atoms with Gasteiger partial charge in [-0.1, -0.05) is 5.92 Å². The molecule has 1 aliphatic rings. The normalized spacial score (nSPS) is 18.2. The second-order valence-electron chi connectivity index (χ2n) is 3.55. The predicted octanol–water partition coefficient (Wildman–Crippen LogP) is 0.681. The van der Waals surface area contributed by atoms with E-state index in [2.05, 4.69) is 29.0 Å². The van der Waals surface area contributed by atoms with Crippen LogP contribution in [0, 0.1) is 19.3 Å². The average Bonchev–Trinajstić information content (AvgIpc) is 2.43. The average molecular weight is 175 g/mol. The molecule has 0 aliphatic carbocycles. The van der Waals surface area contributed by atoms with Crippen LogP contribution in [0.1, 0.15) is 11.6 Å². The van der Waals surface area contributed by atoms with Gasteiger partial charge in [0.1, 0.15) is 0 Å². The minimum Gasteiger partial charge on any atom is -0.288 e. The summed E-state index contributed by atoms with van der Waals surface area (Å²) in [5.41, 5.74) is 1.22. The van der Waals surface area contributed by atoms with Crippen molar-refractivity contribution in [2.75, 3.05) is 19.6 Å². The van der Waals surface area contributed by atoms with Crippen LogP contribution in [0.15, 0.2) is 12.4 Å². The Morgan fingerprint density at radius 3 is 3.00 bits per heavy atom. The Hall–Kier alpha value is -1.27. The third kappa shape index (κ3) is 1.58. The number of aromatic nitrogens is 2. The van der Waals surface area contributed by atoms with E-state index in [0.717, 1.165) is 19.6 Å². The lowest BCUT2D eigenvalue weighted by Crippen LogP contribution is -2.47. The van der Waals surface area contributed by atoms with Crippen molar-refractivity contribution >= 4 is 0 Å². The van der Waals surface area contributed by atoms with E-state index >= 15 is 0 Å². The number of rotatable bonds is 2. The molecule has 0 atom stereocenters. The van der Waals surface area contributed by atoms with Gasteiger partial charge in [-0.05, 0) is 12.5 Å². The van der Waals surface area contributed by atoms with Gasteiger partial charge in [-0.25, -0.2) is 0 Å². The minimum atomic E-state index is 0.530. The molecule has 3 nitrogen and oxygen atoms in total. The maximum absolute atomic E-state index is 5.21. The van der Waals surface area contributed by atoms with E-state index in [1.165, 1.54) is 5.56 Å². The van der Waals surface area contributed by atoms with E-state index in [0.29, 0.717) is 6.04 Å². The van der Waals surface area contributed by atoms with Crippen LogP contribution in [0.3, 0.4) is 0 Å². The van der Waals surface area contributed by atoms with Gasteiger partial charge in [-0.15, -0.1) is 6.42 Å². The summed E-state index contributed by atoms with van der Waals surface area (Å²) in [7, 11) is 0. The van der Waals surface area contributed by atoms with Gasteiger partial charge in [-0.3, -0.25) is 9.58 Å². The summed E-state index contributed by atoms with van der Waals surface area (Å²) < 4.78 is 2.03. The van der Waals surface area contributed by atoms with Gasteiger partial charge in [0.25, 0.3) is 0 Å². The molecule has 3 heteroatoms. The Kier molecular flexibility index (Phi) is 2.07. The van der Waals surface area contributed by atoms with Gasteiger partial charge in [0, 0.05) is 19.3 Å². The fraction of sp³-hybridized carbons (Fsp3) is 0.500. The smallest absolute Gasteiger partial charge is 0.0773 e. The van der Waals surface area contributed by atoms with Crippen molar-refractivity contribution in [1.29, 1.82) is 0 Å².